The third kappa shape index (κ3) is 2.63. The van der Waals surface area contributed by atoms with Gasteiger partial charge in [-0.25, -0.2) is 9.18 Å². The van der Waals surface area contributed by atoms with Gasteiger partial charge in [0.05, 0.1) is 5.52 Å². The van der Waals surface area contributed by atoms with E-state index in [2.05, 4.69) is 10.2 Å². The first-order valence-corrected chi connectivity index (χ1v) is 6.54. The van der Waals surface area contributed by atoms with E-state index in [9.17, 15) is 9.18 Å². The summed E-state index contributed by atoms with van der Waals surface area (Å²) < 4.78 is 18.3. The Morgan fingerprint density at radius 1 is 1.19 bits per heavy atom. The highest BCUT2D eigenvalue weighted by Gasteiger charge is 2.18. The van der Waals surface area contributed by atoms with Gasteiger partial charge in [-0.2, -0.15) is 5.10 Å². The lowest BCUT2D eigenvalue weighted by Gasteiger charge is -2.12. The summed E-state index contributed by atoms with van der Waals surface area (Å²) in [4.78, 5) is 12.2. The van der Waals surface area contributed by atoms with Crippen LogP contribution in [0.1, 0.15) is 29.1 Å². The van der Waals surface area contributed by atoms with E-state index < -0.39 is 12.1 Å². The molecule has 0 saturated heterocycles. The van der Waals surface area contributed by atoms with Crippen LogP contribution in [0.25, 0.3) is 10.9 Å². The lowest BCUT2D eigenvalue weighted by molar-refractivity contribution is 0.0333. The number of hydrogen-bond acceptors (Lipinski definition) is 3. The molecule has 3 aromatic rings. The average molecular weight is 284 g/mol. The first-order chi connectivity index (χ1) is 10.1. The number of carbonyl (C=O) groups is 1. The predicted octanol–water partition coefficient (Wildman–Crippen LogP) is 3.62. The second-order valence-electron chi connectivity index (χ2n) is 4.72. The number of para-hydroxylation sites is 1. The van der Waals surface area contributed by atoms with Crippen LogP contribution in [-0.2, 0) is 4.74 Å². The lowest BCUT2D eigenvalue weighted by Crippen LogP contribution is -2.10. The van der Waals surface area contributed by atoms with Gasteiger partial charge in [0.2, 0.25) is 0 Å². The molecule has 1 heterocycles. The molecule has 0 aliphatic carbocycles. The molecule has 0 aliphatic rings. The van der Waals surface area contributed by atoms with Crippen LogP contribution in [0.5, 0.6) is 0 Å². The van der Waals surface area contributed by atoms with Crippen molar-refractivity contribution >= 4 is 16.9 Å². The van der Waals surface area contributed by atoms with E-state index in [1.54, 1.807) is 25.1 Å². The number of benzene rings is 2. The first-order valence-electron chi connectivity index (χ1n) is 6.54. The fourth-order valence-electron chi connectivity index (χ4n) is 2.14. The monoisotopic (exact) mass is 284 g/mol. The van der Waals surface area contributed by atoms with Gasteiger partial charge in [0.1, 0.15) is 11.9 Å². The van der Waals surface area contributed by atoms with Crippen LogP contribution in [-0.4, -0.2) is 16.2 Å². The SMILES string of the molecule is CC(OC(=O)c1n[nH]c2ccccc12)c1ccc(F)cc1. The van der Waals surface area contributed by atoms with Crippen LogP contribution >= 0.6 is 0 Å². The van der Waals surface area contributed by atoms with Gasteiger partial charge in [-0.1, -0.05) is 30.3 Å². The summed E-state index contributed by atoms with van der Waals surface area (Å²) in [6.45, 7) is 1.74. The minimum atomic E-state index is -0.510. The van der Waals surface area contributed by atoms with Crippen molar-refractivity contribution in [3.05, 3.63) is 65.6 Å². The van der Waals surface area contributed by atoms with Gasteiger partial charge in [-0.15, -0.1) is 0 Å². The maximum atomic E-state index is 12.9. The number of H-pyrrole nitrogens is 1. The van der Waals surface area contributed by atoms with Gasteiger partial charge in [-0.05, 0) is 30.7 Å². The molecule has 3 rings (SSSR count). The van der Waals surface area contributed by atoms with E-state index in [0.29, 0.717) is 5.39 Å². The Morgan fingerprint density at radius 2 is 1.90 bits per heavy atom. The minimum Gasteiger partial charge on any atom is -0.453 e. The second-order valence-corrected chi connectivity index (χ2v) is 4.72. The van der Waals surface area contributed by atoms with E-state index in [4.69, 9.17) is 4.74 Å². The fraction of sp³-hybridized carbons (Fsp3) is 0.125. The molecule has 4 nitrogen and oxygen atoms in total. The first kappa shape index (κ1) is 13.3. The van der Waals surface area contributed by atoms with Crippen LogP contribution in [0.15, 0.2) is 48.5 Å². The largest absolute Gasteiger partial charge is 0.453 e. The second kappa shape index (κ2) is 5.36. The van der Waals surface area contributed by atoms with E-state index >= 15 is 0 Å². The number of aromatic amines is 1. The standard InChI is InChI=1S/C16H13FN2O2/c1-10(11-6-8-12(17)9-7-11)21-16(20)15-13-4-2-3-5-14(13)18-19-15/h2-10H,1H3,(H,18,19). The quantitative estimate of drug-likeness (QED) is 0.747. The molecule has 0 spiro atoms. The van der Waals surface area contributed by atoms with Crippen molar-refractivity contribution in [1.29, 1.82) is 0 Å². The van der Waals surface area contributed by atoms with Gasteiger partial charge >= 0.3 is 5.97 Å². The minimum absolute atomic E-state index is 0.250. The summed E-state index contributed by atoms with van der Waals surface area (Å²) in [5.41, 5.74) is 1.75. The Bertz CT molecular complexity index is 780. The van der Waals surface area contributed by atoms with Crippen LogP contribution in [0.2, 0.25) is 0 Å². The highest BCUT2D eigenvalue weighted by molar-refractivity contribution is 6.01. The molecule has 1 N–H and O–H groups in total. The molecule has 5 heteroatoms. The van der Waals surface area contributed by atoms with E-state index in [1.807, 2.05) is 18.2 Å². The van der Waals surface area contributed by atoms with Crippen LogP contribution < -0.4 is 0 Å². The number of halogens is 1. The molecule has 0 radical (unpaired) electrons. The molecule has 0 fully saturated rings. The third-order valence-electron chi connectivity index (χ3n) is 3.29. The van der Waals surface area contributed by atoms with Crippen LogP contribution in [0.3, 0.4) is 0 Å². The Balaban J connectivity index is 1.81. The van der Waals surface area contributed by atoms with Crippen LogP contribution in [0.4, 0.5) is 4.39 Å². The van der Waals surface area contributed by atoms with Crippen molar-refractivity contribution in [3.8, 4) is 0 Å². The molecule has 0 bridgehead atoms. The molecular weight excluding hydrogens is 271 g/mol. The number of rotatable bonds is 3. The van der Waals surface area contributed by atoms with Crippen molar-refractivity contribution < 1.29 is 13.9 Å². The maximum Gasteiger partial charge on any atom is 0.360 e. The van der Waals surface area contributed by atoms with Crippen molar-refractivity contribution in [2.45, 2.75) is 13.0 Å². The summed E-state index contributed by atoms with van der Waals surface area (Å²) in [6, 6.07) is 13.2. The Kier molecular flexibility index (Phi) is 3.39. The zero-order chi connectivity index (χ0) is 14.8. The van der Waals surface area contributed by atoms with Crippen molar-refractivity contribution in [3.63, 3.8) is 0 Å². The zero-order valence-electron chi connectivity index (χ0n) is 11.3. The van der Waals surface area contributed by atoms with Crippen molar-refractivity contribution in [2.24, 2.45) is 0 Å². The Hall–Kier alpha value is -2.69. The molecule has 2 aromatic carbocycles. The summed E-state index contributed by atoms with van der Waals surface area (Å²) in [7, 11) is 0. The molecule has 1 unspecified atom stereocenters. The lowest BCUT2D eigenvalue weighted by atomic mass is 10.1. The number of nitrogens with one attached hydrogen (secondary N) is 1. The van der Waals surface area contributed by atoms with Gasteiger partial charge < -0.3 is 4.74 Å². The molecule has 1 atom stereocenters. The molecule has 1 aromatic heterocycles. The average Bonchev–Trinajstić information content (AvgIpc) is 2.92. The fourth-order valence-corrected chi connectivity index (χ4v) is 2.14. The summed E-state index contributed by atoms with van der Waals surface area (Å²) in [6.07, 6.45) is -0.478. The van der Waals surface area contributed by atoms with Gasteiger partial charge in [0.25, 0.3) is 0 Å². The number of carbonyl (C=O) groups excluding carboxylic acids is 1. The van der Waals surface area contributed by atoms with Gasteiger partial charge in [0, 0.05) is 5.39 Å². The molecule has 0 aliphatic heterocycles. The molecule has 106 valence electrons. The Labute approximate surface area is 120 Å². The summed E-state index contributed by atoms with van der Waals surface area (Å²) in [5.74, 6) is -0.833. The van der Waals surface area contributed by atoms with E-state index in [1.165, 1.54) is 12.1 Å². The Morgan fingerprint density at radius 3 is 2.67 bits per heavy atom. The molecule has 0 saturated carbocycles. The normalized spacial score (nSPS) is 12.3. The zero-order valence-corrected chi connectivity index (χ0v) is 11.3. The number of aromatic nitrogens is 2. The number of fused-ring (bicyclic) bond motifs is 1. The number of ether oxygens (including phenoxy) is 1. The molecule has 21 heavy (non-hydrogen) atoms. The molecule has 0 amide bonds. The number of hydrogen-bond donors (Lipinski definition) is 1. The van der Waals surface area contributed by atoms with Crippen LogP contribution in [0, 0.1) is 5.82 Å². The molecular formula is C16H13FN2O2. The van der Waals surface area contributed by atoms with Crippen molar-refractivity contribution in [2.75, 3.05) is 0 Å². The highest BCUT2D eigenvalue weighted by atomic mass is 19.1. The van der Waals surface area contributed by atoms with E-state index in [-0.39, 0.29) is 11.5 Å². The number of nitrogens with zero attached hydrogens (tertiary/aromatic N) is 1. The van der Waals surface area contributed by atoms with Gasteiger partial charge in [-0.3, -0.25) is 5.10 Å². The van der Waals surface area contributed by atoms with E-state index in [0.717, 1.165) is 11.1 Å². The smallest absolute Gasteiger partial charge is 0.360 e. The van der Waals surface area contributed by atoms with Crippen molar-refractivity contribution in [1.82, 2.24) is 10.2 Å². The topological polar surface area (TPSA) is 55.0 Å². The predicted molar refractivity (Wildman–Crippen MR) is 76.3 cm³/mol. The summed E-state index contributed by atoms with van der Waals surface area (Å²) >= 11 is 0. The highest BCUT2D eigenvalue weighted by Crippen LogP contribution is 2.21. The third-order valence-corrected chi connectivity index (χ3v) is 3.29. The van der Waals surface area contributed by atoms with Gasteiger partial charge in [0.15, 0.2) is 5.69 Å². The summed E-state index contributed by atoms with van der Waals surface area (Å²) in [5, 5.41) is 7.50. The maximum absolute atomic E-state index is 12.9. The number of esters is 1.